The van der Waals surface area contributed by atoms with E-state index in [0.717, 1.165) is 25.7 Å². The van der Waals surface area contributed by atoms with Gasteiger partial charge in [0.1, 0.15) is 12.1 Å². The summed E-state index contributed by atoms with van der Waals surface area (Å²) >= 11 is 0. The van der Waals surface area contributed by atoms with E-state index in [4.69, 9.17) is 6.42 Å². The number of rotatable bonds is 12. The molecule has 2 aliphatic carbocycles. The minimum absolute atomic E-state index is 0.00371. The fraction of sp³-hybridized carbons (Fsp3) is 0.811. The molecule has 0 radical (unpaired) electrons. The molecule has 1 aliphatic heterocycles. The summed E-state index contributed by atoms with van der Waals surface area (Å²) in [5, 5.41) is 11.1. The lowest BCUT2D eigenvalue weighted by atomic mass is 9.79. The molecule has 2 saturated carbocycles. The third-order valence-corrected chi connectivity index (χ3v) is 13.9. The molecule has 3 aliphatic rings. The molecule has 0 spiro atoms. The average molecular weight is 720 g/mol. The van der Waals surface area contributed by atoms with Crippen LogP contribution in [-0.4, -0.2) is 90.1 Å². The Bertz CT molecular complexity index is 1450. The second kappa shape index (κ2) is 15.6. The molecule has 0 bridgehead atoms. The van der Waals surface area contributed by atoms with Crippen molar-refractivity contribution in [3.8, 4) is 12.3 Å². The molecular formula is C37H61N5O7S. The number of amides is 5. The van der Waals surface area contributed by atoms with Gasteiger partial charge in [-0.05, 0) is 75.5 Å². The molecule has 5 atom stereocenters. The highest BCUT2D eigenvalue weighted by atomic mass is 32.2. The minimum atomic E-state index is -3.57. The SMILES string of the molecule is C#CCNC(=O)C(=O)C(CCC)NC(=O)[C@@H]1[C@H]2CCC(C)(C)[C@H]2CN1C(=O)[C@@H](NC(=O)NC1(CS(=O)(=O)C(C)(C)C)CCCCC1)C(C)(C)C. The maximum atomic E-state index is 14.6. The maximum Gasteiger partial charge on any atom is 0.315 e. The minimum Gasteiger partial charge on any atom is -0.344 e. The number of terminal acetylenes is 1. The van der Waals surface area contributed by atoms with Gasteiger partial charge < -0.3 is 26.2 Å². The average Bonchev–Trinajstić information content (AvgIpc) is 3.53. The molecule has 12 nitrogen and oxygen atoms in total. The summed E-state index contributed by atoms with van der Waals surface area (Å²) in [7, 11) is -3.57. The van der Waals surface area contributed by atoms with Crippen LogP contribution in [-0.2, 0) is 29.0 Å². The van der Waals surface area contributed by atoms with Crippen LogP contribution < -0.4 is 21.3 Å². The van der Waals surface area contributed by atoms with Crippen LogP contribution in [0, 0.1) is 35.0 Å². The molecule has 0 aromatic carbocycles. The number of fused-ring (bicyclic) bond motifs is 1. The molecule has 0 aromatic heterocycles. The van der Waals surface area contributed by atoms with Crippen molar-refractivity contribution in [2.45, 2.75) is 149 Å². The topological polar surface area (TPSA) is 171 Å². The van der Waals surface area contributed by atoms with Crippen molar-refractivity contribution in [2.24, 2.45) is 22.7 Å². The van der Waals surface area contributed by atoms with Gasteiger partial charge in [0.2, 0.25) is 17.6 Å². The van der Waals surface area contributed by atoms with Crippen LogP contribution in [0.25, 0.3) is 0 Å². The highest BCUT2D eigenvalue weighted by Crippen LogP contribution is 2.53. The van der Waals surface area contributed by atoms with Crippen LogP contribution in [0.15, 0.2) is 0 Å². The molecule has 4 N–H and O–H groups in total. The Hall–Kier alpha value is -3.14. The lowest BCUT2D eigenvalue weighted by Gasteiger charge is -2.41. The molecule has 50 heavy (non-hydrogen) atoms. The summed E-state index contributed by atoms with van der Waals surface area (Å²) in [5.41, 5.74) is -1.90. The van der Waals surface area contributed by atoms with Crippen molar-refractivity contribution in [3.05, 3.63) is 0 Å². The largest absolute Gasteiger partial charge is 0.344 e. The van der Waals surface area contributed by atoms with E-state index >= 15 is 0 Å². The Morgan fingerprint density at radius 3 is 2.12 bits per heavy atom. The van der Waals surface area contributed by atoms with Gasteiger partial charge in [-0.25, -0.2) is 13.2 Å². The van der Waals surface area contributed by atoms with Crippen LogP contribution in [0.4, 0.5) is 4.79 Å². The number of nitrogens with one attached hydrogen (secondary N) is 4. The van der Waals surface area contributed by atoms with E-state index in [0.29, 0.717) is 32.2 Å². The number of sulfone groups is 1. The number of hydrogen-bond donors (Lipinski definition) is 4. The summed E-state index contributed by atoms with van der Waals surface area (Å²) in [6.07, 6.45) is 11.1. The number of urea groups is 1. The monoisotopic (exact) mass is 719 g/mol. The number of nitrogens with zero attached hydrogens (tertiary/aromatic N) is 1. The first-order chi connectivity index (χ1) is 23.0. The quantitative estimate of drug-likeness (QED) is 0.177. The van der Waals surface area contributed by atoms with Crippen molar-refractivity contribution in [3.63, 3.8) is 0 Å². The van der Waals surface area contributed by atoms with E-state index in [1.165, 1.54) is 0 Å². The van der Waals surface area contributed by atoms with Gasteiger partial charge in [-0.3, -0.25) is 19.2 Å². The van der Waals surface area contributed by atoms with Crippen molar-refractivity contribution in [1.82, 2.24) is 26.2 Å². The van der Waals surface area contributed by atoms with Gasteiger partial charge in [-0.1, -0.05) is 73.1 Å². The van der Waals surface area contributed by atoms with Gasteiger partial charge in [0.25, 0.3) is 5.91 Å². The number of Topliss-reactive ketones (excluding diaryl/α,β-unsaturated/α-hetero) is 1. The first kappa shape index (κ1) is 41.3. The summed E-state index contributed by atoms with van der Waals surface area (Å²) in [6.45, 7) is 16.7. The van der Waals surface area contributed by atoms with E-state index in [-0.39, 0.29) is 36.0 Å². The second-order valence-corrected chi connectivity index (χ2v) is 20.2. The van der Waals surface area contributed by atoms with Gasteiger partial charge in [0, 0.05) is 6.54 Å². The van der Waals surface area contributed by atoms with Gasteiger partial charge in [0.15, 0.2) is 9.84 Å². The smallest absolute Gasteiger partial charge is 0.315 e. The Morgan fingerprint density at radius 1 is 0.960 bits per heavy atom. The summed E-state index contributed by atoms with van der Waals surface area (Å²) in [4.78, 5) is 69.8. The number of hydrogen-bond acceptors (Lipinski definition) is 7. The predicted octanol–water partition coefficient (Wildman–Crippen LogP) is 3.48. The summed E-state index contributed by atoms with van der Waals surface area (Å²) in [5.74, 6) is -0.727. The molecule has 5 amide bonds. The standard InChI is InChI=1S/C37H61N5O7S/c1-11-16-26(28(43)31(45)38-21-12-2)39-30(44)27-24-17-20-36(9,10)25(24)22-42(27)32(46)29(34(3,4)5)40-33(47)41-37(18-14-13-15-19-37)23-50(48,49)35(6,7)8/h2,24-27,29H,11,13-23H2,1,3-10H3,(H,38,45)(H,39,44)(H2,40,41,47)/t24-,25-,26?,27-,29+/m0/s1. The molecular weight excluding hydrogens is 659 g/mol. The normalized spacial score (nSPS) is 24.2. The van der Waals surface area contributed by atoms with Gasteiger partial charge in [-0.2, -0.15) is 0 Å². The predicted molar refractivity (Wildman–Crippen MR) is 193 cm³/mol. The van der Waals surface area contributed by atoms with E-state index < -0.39 is 73.2 Å². The first-order valence-electron chi connectivity index (χ1n) is 18.2. The van der Waals surface area contributed by atoms with Crippen LogP contribution in [0.5, 0.6) is 0 Å². The van der Waals surface area contributed by atoms with Crippen molar-refractivity contribution >= 4 is 39.4 Å². The molecule has 3 fully saturated rings. The number of carbonyl (C=O) groups excluding carboxylic acids is 5. The van der Waals surface area contributed by atoms with Crippen molar-refractivity contribution < 1.29 is 32.4 Å². The van der Waals surface area contributed by atoms with Gasteiger partial charge in [0.05, 0.1) is 28.6 Å². The van der Waals surface area contributed by atoms with Gasteiger partial charge >= 0.3 is 6.03 Å². The molecule has 1 heterocycles. The number of likely N-dealkylation sites (tertiary alicyclic amines) is 1. The third kappa shape index (κ3) is 9.39. The fourth-order valence-electron chi connectivity index (χ4n) is 7.91. The molecule has 0 aromatic rings. The summed E-state index contributed by atoms with van der Waals surface area (Å²) in [6, 6.07) is -3.68. The van der Waals surface area contributed by atoms with Crippen LogP contribution >= 0.6 is 0 Å². The molecule has 3 rings (SSSR count). The Kier molecular flexibility index (Phi) is 12.9. The van der Waals surface area contributed by atoms with Crippen LogP contribution in [0.2, 0.25) is 0 Å². The van der Waals surface area contributed by atoms with E-state index in [9.17, 15) is 32.4 Å². The van der Waals surface area contributed by atoms with E-state index in [1.54, 1.807) is 25.7 Å². The fourth-order valence-corrected chi connectivity index (χ4v) is 9.43. The zero-order valence-corrected chi connectivity index (χ0v) is 32.5. The van der Waals surface area contributed by atoms with Crippen LogP contribution in [0.1, 0.15) is 120 Å². The summed E-state index contributed by atoms with van der Waals surface area (Å²) < 4.78 is 25.7. The lowest BCUT2D eigenvalue weighted by Crippen LogP contribution is -2.64. The number of carbonyl (C=O) groups is 5. The first-order valence-corrected chi connectivity index (χ1v) is 19.8. The molecule has 1 saturated heterocycles. The highest BCUT2D eigenvalue weighted by molar-refractivity contribution is 7.92. The molecule has 13 heteroatoms. The zero-order valence-electron chi connectivity index (χ0n) is 31.7. The molecule has 282 valence electrons. The Morgan fingerprint density at radius 2 is 1.58 bits per heavy atom. The maximum absolute atomic E-state index is 14.6. The van der Waals surface area contributed by atoms with Crippen LogP contribution in [0.3, 0.4) is 0 Å². The van der Waals surface area contributed by atoms with Gasteiger partial charge in [-0.15, -0.1) is 6.42 Å². The third-order valence-electron chi connectivity index (χ3n) is 11.1. The molecule has 1 unspecified atom stereocenters. The Balaban J connectivity index is 1.92. The Labute approximate surface area is 299 Å². The highest BCUT2D eigenvalue weighted by Gasteiger charge is 2.57. The van der Waals surface area contributed by atoms with E-state index in [2.05, 4.69) is 41.0 Å². The second-order valence-electron chi connectivity index (χ2n) is 17.4. The zero-order chi connectivity index (χ0) is 37.9. The van der Waals surface area contributed by atoms with E-state index in [1.807, 2.05) is 27.7 Å². The van der Waals surface area contributed by atoms with Crippen molar-refractivity contribution in [1.29, 1.82) is 0 Å². The number of ketones is 1. The lowest BCUT2D eigenvalue weighted by molar-refractivity contribution is -0.144. The van der Waals surface area contributed by atoms with Crippen molar-refractivity contribution in [2.75, 3.05) is 18.8 Å².